The molecule has 1 saturated heterocycles. The average molecular weight is 254 g/mol. The molecule has 1 heterocycles. The van der Waals surface area contributed by atoms with Gasteiger partial charge in [0.25, 0.3) is 0 Å². The zero-order valence-electron chi connectivity index (χ0n) is 11.8. The number of hydrogen-bond acceptors (Lipinski definition) is 1. The van der Waals surface area contributed by atoms with Gasteiger partial charge in [0.05, 0.1) is 0 Å². The summed E-state index contributed by atoms with van der Waals surface area (Å²) in [7, 11) is 0. The van der Waals surface area contributed by atoms with Crippen molar-refractivity contribution < 1.29 is 0 Å². The van der Waals surface area contributed by atoms with Gasteiger partial charge in [-0.05, 0) is 50.2 Å². The Kier molecular flexibility index (Phi) is 4.03. The van der Waals surface area contributed by atoms with Crippen LogP contribution in [0.3, 0.4) is 0 Å². The van der Waals surface area contributed by atoms with E-state index in [0.717, 1.165) is 18.0 Å². The number of likely N-dealkylation sites (tertiary alicyclic amines) is 1. The van der Waals surface area contributed by atoms with Gasteiger partial charge >= 0.3 is 0 Å². The summed E-state index contributed by atoms with van der Waals surface area (Å²) in [5.74, 6) is 0. The molecule has 0 N–H and O–H groups in total. The number of piperidine rings is 1. The lowest BCUT2D eigenvalue weighted by Gasteiger charge is -2.40. The average Bonchev–Trinajstić information content (AvgIpc) is 2.38. The number of allylic oxidation sites excluding steroid dienone is 1. The first kappa shape index (κ1) is 12.9. The smallest absolute Gasteiger partial charge is 0.00955 e. The van der Waals surface area contributed by atoms with E-state index in [9.17, 15) is 0 Å². The van der Waals surface area contributed by atoms with Crippen molar-refractivity contribution in [3.63, 3.8) is 0 Å². The summed E-state index contributed by atoms with van der Waals surface area (Å²) in [5, 5.41) is 0. The Morgan fingerprint density at radius 1 is 1.11 bits per heavy atom. The molecule has 1 aromatic carbocycles. The summed E-state index contributed by atoms with van der Waals surface area (Å²) < 4.78 is 0. The van der Waals surface area contributed by atoms with E-state index in [1.165, 1.54) is 50.8 Å². The first-order chi connectivity index (χ1) is 9.31. The highest BCUT2D eigenvalue weighted by molar-refractivity contribution is 5.26. The molecule has 101 valence electrons. The van der Waals surface area contributed by atoms with Gasteiger partial charge in [-0.25, -0.2) is 0 Å². The highest BCUT2D eigenvalue weighted by Crippen LogP contribution is 2.28. The highest BCUT2D eigenvalue weighted by Gasteiger charge is 2.26. The molecule has 1 aliphatic carbocycles. The maximum atomic E-state index is 3.93. The Balaban J connectivity index is 1.50. The van der Waals surface area contributed by atoms with Gasteiger partial charge in [0, 0.05) is 19.1 Å². The van der Waals surface area contributed by atoms with E-state index in [4.69, 9.17) is 0 Å². The molecule has 0 spiro atoms. The molecular weight excluding hydrogens is 230 g/mol. The molecule has 19 heavy (non-hydrogen) atoms. The molecule has 1 radical (unpaired) electrons. The number of rotatable bonds is 3. The van der Waals surface area contributed by atoms with E-state index in [-0.39, 0.29) is 0 Å². The summed E-state index contributed by atoms with van der Waals surface area (Å²) in [6.45, 7) is 6.50. The third-order valence-electron chi connectivity index (χ3n) is 4.68. The third-order valence-corrected chi connectivity index (χ3v) is 4.68. The van der Waals surface area contributed by atoms with Crippen LogP contribution in [0.5, 0.6) is 0 Å². The van der Waals surface area contributed by atoms with Gasteiger partial charge in [-0.2, -0.15) is 0 Å². The molecule has 1 saturated carbocycles. The molecule has 1 nitrogen and oxygen atoms in total. The number of hydrogen-bond donors (Lipinski definition) is 0. The van der Waals surface area contributed by atoms with Crippen LogP contribution in [-0.2, 0) is 6.42 Å². The van der Waals surface area contributed by atoms with Crippen LogP contribution in [-0.4, -0.2) is 24.0 Å². The van der Waals surface area contributed by atoms with E-state index < -0.39 is 0 Å². The fraction of sp³-hybridized carbons (Fsp3) is 0.500. The van der Waals surface area contributed by atoms with Gasteiger partial charge in [-0.3, -0.25) is 4.90 Å². The molecule has 1 aromatic rings. The van der Waals surface area contributed by atoms with Gasteiger partial charge in [-0.1, -0.05) is 42.3 Å². The van der Waals surface area contributed by atoms with Crippen LogP contribution in [0, 0.1) is 6.92 Å². The molecule has 3 rings (SSSR count). The Bertz CT molecular complexity index is 429. The normalized spacial score (nSPS) is 21.2. The van der Waals surface area contributed by atoms with Crippen LogP contribution in [0.2, 0.25) is 0 Å². The summed E-state index contributed by atoms with van der Waals surface area (Å²) in [5.41, 5.74) is 4.17. The van der Waals surface area contributed by atoms with Crippen LogP contribution in [0.15, 0.2) is 35.9 Å². The second-order valence-corrected chi connectivity index (χ2v) is 6.00. The molecule has 2 aliphatic rings. The molecule has 0 aromatic heterocycles. The lowest BCUT2D eigenvalue weighted by molar-refractivity contribution is 0.118. The van der Waals surface area contributed by atoms with E-state index in [1.54, 1.807) is 5.57 Å². The minimum Gasteiger partial charge on any atom is -0.300 e. The molecule has 0 atom stereocenters. The lowest BCUT2D eigenvalue weighted by atomic mass is 9.89. The van der Waals surface area contributed by atoms with Crippen molar-refractivity contribution in [2.24, 2.45) is 0 Å². The largest absolute Gasteiger partial charge is 0.300 e. The topological polar surface area (TPSA) is 3.24 Å². The minimum atomic E-state index is 0.922. The predicted molar refractivity (Wildman–Crippen MR) is 81.1 cm³/mol. The van der Waals surface area contributed by atoms with Gasteiger partial charge in [0.15, 0.2) is 0 Å². The maximum Gasteiger partial charge on any atom is 0.00955 e. The van der Waals surface area contributed by atoms with Crippen molar-refractivity contribution in [1.82, 2.24) is 4.90 Å². The summed E-state index contributed by atoms with van der Waals surface area (Å²) in [6.07, 6.45) is 10.4. The van der Waals surface area contributed by atoms with Crippen LogP contribution < -0.4 is 0 Å². The standard InChI is InChI=1S/C18H24N/c1-15-5-7-16(8-6-15)9-10-17-11-13-19(14-12-17)18-3-2-4-18/h5-8,10,18H,1-4,9,11-14H2. The SMILES string of the molecule is [CH2]c1ccc(CC=C2CCN(C3CCC3)CC2)cc1. The zero-order valence-corrected chi connectivity index (χ0v) is 11.8. The lowest BCUT2D eigenvalue weighted by Crippen LogP contribution is -2.43. The first-order valence-corrected chi connectivity index (χ1v) is 7.64. The highest BCUT2D eigenvalue weighted by atomic mass is 15.2. The summed E-state index contributed by atoms with van der Waals surface area (Å²) in [4.78, 5) is 2.71. The van der Waals surface area contributed by atoms with Crippen molar-refractivity contribution in [1.29, 1.82) is 0 Å². The van der Waals surface area contributed by atoms with Crippen LogP contribution in [0.1, 0.15) is 43.2 Å². The van der Waals surface area contributed by atoms with Gasteiger partial charge in [0.2, 0.25) is 0 Å². The third kappa shape index (κ3) is 3.27. The Hall–Kier alpha value is -1.08. The van der Waals surface area contributed by atoms with E-state index in [2.05, 4.69) is 42.2 Å². The van der Waals surface area contributed by atoms with Crippen molar-refractivity contribution >= 4 is 0 Å². The predicted octanol–water partition coefficient (Wildman–Crippen LogP) is 3.99. The molecule has 0 unspecified atom stereocenters. The zero-order chi connectivity index (χ0) is 13.1. The Morgan fingerprint density at radius 2 is 1.79 bits per heavy atom. The fourth-order valence-corrected chi connectivity index (χ4v) is 3.07. The van der Waals surface area contributed by atoms with Crippen molar-refractivity contribution in [2.45, 2.75) is 44.6 Å². The first-order valence-electron chi connectivity index (χ1n) is 7.64. The van der Waals surface area contributed by atoms with E-state index in [1.807, 2.05) is 0 Å². The molecule has 0 bridgehead atoms. The molecule has 1 heteroatoms. The Morgan fingerprint density at radius 3 is 2.37 bits per heavy atom. The minimum absolute atomic E-state index is 0.922. The van der Waals surface area contributed by atoms with Crippen LogP contribution in [0.4, 0.5) is 0 Å². The molecule has 0 amide bonds. The second kappa shape index (κ2) is 5.92. The second-order valence-electron chi connectivity index (χ2n) is 6.00. The van der Waals surface area contributed by atoms with Crippen molar-refractivity contribution in [2.75, 3.05) is 13.1 Å². The fourth-order valence-electron chi connectivity index (χ4n) is 3.07. The number of nitrogens with zero attached hydrogens (tertiary/aromatic N) is 1. The Labute approximate surface area is 117 Å². The van der Waals surface area contributed by atoms with Gasteiger partial charge in [-0.15, -0.1) is 0 Å². The van der Waals surface area contributed by atoms with E-state index in [0.29, 0.717) is 0 Å². The summed E-state index contributed by atoms with van der Waals surface area (Å²) in [6, 6.07) is 9.53. The maximum absolute atomic E-state index is 3.93. The molecular formula is C18H24N. The van der Waals surface area contributed by atoms with Crippen LogP contribution in [0.25, 0.3) is 0 Å². The molecule has 1 aliphatic heterocycles. The van der Waals surface area contributed by atoms with Gasteiger partial charge in [0.1, 0.15) is 0 Å². The number of benzene rings is 1. The quantitative estimate of drug-likeness (QED) is 0.737. The monoisotopic (exact) mass is 254 g/mol. The van der Waals surface area contributed by atoms with Gasteiger partial charge < -0.3 is 0 Å². The van der Waals surface area contributed by atoms with Crippen LogP contribution >= 0.6 is 0 Å². The van der Waals surface area contributed by atoms with Crippen molar-refractivity contribution in [3.05, 3.63) is 54.0 Å². The summed E-state index contributed by atoms with van der Waals surface area (Å²) >= 11 is 0. The van der Waals surface area contributed by atoms with E-state index >= 15 is 0 Å². The molecule has 2 fully saturated rings. The van der Waals surface area contributed by atoms with Crippen molar-refractivity contribution in [3.8, 4) is 0 Å².